The summed E-state index contributed by atoms with van der Waals surface area (Å²) in [6, 6.07) is 13.8. The van der Waals surface area contributed by atoms with Crippen LogP contribution in [0.2, 0.25) is 0 Å². The maximum Gasteiger partial charge on any atom is 0.126 e. The predicted octanol–water partition coefficient (Wildman–Crippen LogP) is 3.13. The van der Waals surface area contributed by atoms with Gasteiger partial charge in [-0.15, -0.1) is 0 Å². The van der Waals surface area contributed by atoms with Crippen LogP contribution >= 0.6 is 0 Å². The van der Waals surface area contributed by atoms with Crippen LogP contribution in [0.4, 0.5) is 4.39 Å². The molecule has 3 nitrogen and oxygen atoms in total. The van der Waals surface area contributed by atoms with E-state index < -0.39 is 0 Å². The molecule has 0 radical (unpaired) electrons. The average molecular weight is 275 g/mol. The van der Waals surface area contributed by atoms with Crippen LogP contribution in [0.5, 0.6) is 11.5 Å². The Kier molecular flexibility index (Phi) is 5.38. The molecule has 106 valence electrons. The van der Waals surface area contributed by atoms with Crippen LogP contribution in [0.25, 0.3) is 0 Å². The maximum absolute atomic E-state index is 12.9. The molecule has 0 amide bonds. The van der Waals surface area contributed by atoms with Gasteiger partial charge in [0.1, 0.15) is 17.3 Å². The van der Waals surface area contributed by atoms with Gasteiger partial charge in [-0.3, -0.25) is 0 Å². The molecule has 0 aliphatic rings. The van der Waals surface area contributed by atoms with Crippen molar-refractivity contribution in [3.8, 4) is 11.5 Å². The summed E-state index contributed by atoms with van der Waals surface area (Å²) in [5, 5.41) is 0. The summed E-state index contributed by atoms with van der Waals surface area (Å²) in [5.74, 6) is 1.06. The standard InChI is InChI=1S/C16H18FNO2/c17-14-3-1-4-16(11-14)20-10-2-9-19-15-7-5-13(12-18)6-8-15/h1,3-8,11H,2,9-10,12,18H2. The summed E-state index contributed by atoms with van der Waals surface area (Å²) < 4.78 is 23.9. The predicted molar refractivity (Wildman–Crippen MR) is 76.3 cm³/mol. The van der Waals surface area contributed by atoms with Crippen molar-refractivity contribution in [3.05, 3.63) is 59.9 Å². The molecule has 0 aliphatic heterocycles. The highest BCUT2D eigenvalue weighted by molar-refractivity contribution is 5.27. The van der Waals surface area contributed by atoms with Crippen LogP contribution in [0.15, 0.2) is 48.5 Å². The minimum absolute atomic E-state index is 0.293. The summed E-state index contributed by atoms with van der Waals surface area (Å²) in [4.78, 5) is 0. The van der Waals surface area contributed by atoms with Crippen molar-refractivity contribution in [3.63, 3.8) is 0 Å². The lowest BCUT2D eigenvalue weighted by Crippen LogP contribution is -2.05. The largest absolute Gasteiger partial charge is 0.493 e. The molecule has 0 spiro atoms. The lowest BCUT2D eigenvalue weighted by atomic mass is 10.2. The molecule has 0 aromatic heterocycles. The molecular formula is C16H18FNO2. The number of ether oxygens (including phenoxy) is 2. The minimum atomic E-state index is -0.293. The molecule has 0 fully saturated rings. The van der Waals surface area contributed by atoms with Crippen molar-refractivity contribution >= 4 is 0 Å². The van der Waals surface area contributed by atoms with Crippen LogP contribution < -0.4 is 15.2 Å². The summed E-state index contributed by atoms with van der Waals surface area (Å²) in [6.45, 7) is 1.57. The fourth-order valence-electron chi connectivity index (χ4n) is 1.72. The van der Waals surface area contributed by atoms with Crippen LogP contribution in [-0.2, 0) is 6.54 Å². The van der Waals surface area contributed by atoms with Crippen LogP contribution in [-0.4, -0.2) is 13.2 Å². The maximum atomic E-state index is 12.9. The van der Waals surface area contributed by atoms with Crippen LogP contribution in [0, 0.1) is 5.82 Å². The third-order valence-corrected chi connectivity index (χ3v) is 2.78. The number of nitrogens with two attached hydrogens (primary N) is 1. The Morgan fingerprint density at radius 2 is 1.60 bits per heavy atom. The summed E-state index contributed by atoms with van der Waals surface area (Å²) in [6.07, 6.45) is 0.731. The van der Waals surface area contributed by atoms with Gasteiger partial charge in [-0.05, 0) is 29.8 Å². The number of hydrogen-bond acceptors (Lipinski definition) is 3. The van der Waals surface area contributed by atoms with E-state index in [0.29, 0.717) is 25.5 Å². The van der Waals surface area contributed by atoms with Crippen molar-refractivity contribution in [2.75, 3.05) is 13.2 Å². The molecule has 0 bridgehead atoms. The van der Waals surface area contributed by atoms with Crippen LogP contribution in [0.3, 0.4) is 0 Å². The second-order valence-corrected chi connectivity index (χ2v) is 4.36. The van der Waals surface area contributed by atoms with Gasteiger partial charge in [0.25, 0.3) is 0 Å². The zero-order chi connectivity index (χ0) is 14.2. The van der Waals surface area contributed by atoms with E-state index in [2.05, 4.69) is 0 Å². The zero-order valence-corrected chi connectivity index (χ0v) is 11.2. The first-order valence-corrected chi connectivity index (χ1v) is 6.58. The van der Waals surface area contributed by atoms with Crippen molar-refractivity contribution in [1.82, 2.24) is 0 Å². The fraction of sp³-hybridized carbons (Fsp3) is 0.250. The first kappa shape index (κ1) is 14.3. The van der Waals surface area contributed by atoms with E-state index >= 15 is 0 Å². The van der Waals surface area contributed by atoms with Gasteiger partial charge in [-0.1, -0.05) is 18.2 Å². The lowest BCUT2D eigenvalue weighted by molar-refractivity contribution is 0.247. The highest BCUT2D eigenvalue weighted by Crippen LogP contribution is 2.13. The van der Waals surface area contributed by atoms with Crippen molar-refractivity contribution in [2.45, 2.75) is 13.0 Å². The molecule has 20 heavy (non-hydrogen) atoms. The lowest BCUT2D eigenvalue weighted by Gasteiger charge is -2.08. The Labute approximate surface area is 118 Å². The third-order valence-electron chi connectivity index (χ3n) is 2.78. The number of benzene rings is 2. The number of rotatable bonds is 7. The van der Waals surface area contributed by atoms with Gasteiger partial charge in [0.2, 0.25) is 0 Å². The summed E-state index contributed by atoms with van der Waals surface area (Å²) in [7, 11) is 0. The van der Waals surface area contributed by atoms with Crippen LogP contribution in [0.1, 0.15) is 12.0 Å². The Hall–Kier alpha value is -2.07. The van der Waals surface area contributed by atoms with E-state index in [0.717, 1.165) is 17.7 Å². The molecule has 2 aromatic carbocycles. The summed E-state index contributed by atoms with van der Waals surface area (Å²) >= 11 is 0. The van der Waals surface area contributed by atoms with Gasteiger partial charge >= 0.3 is 0 Å². The van der Waals surface area contributed by atoms with E-state index in [1.165, 1.54) is 12.1 Å². The van der Waals surface area contributed by atoms with Gasteiger partial charge < -0.3 is 15.2 Å². The fourth-order valence-corrected chi connectivity index (χ4v) is 1.72. The first-order valence-electron chi connectivity index (χ1n) is 6.58. The van der Waals surface area contributed by atoms with Gasteiger partial charge in [-0.2, -0.15) is 0 Å². The Balaban J connectivity index is 1.66. The smallest absolute Gasteiger partial charge is 0.126 e. The van der Waals surface area contributed by atoms with Crippen molar-refractivity contribution in [1.29, 1.82) is 0 Å². The normalized spacial score (nSPS) is 10.3. The molecule has 0 aliphatic carbocycles. The van der Waals surface area contributed by atoms with Crippen molar-refractivity contribution < 1.29 is 13.9 Å². The summed E-state index contributed by atoms with van der Waals surface area (Å²) in [5.41, 5.74) is 6.60. The third kappa shape index (κ3) is 4.55. The monoisotopic (exact) mass is 275 g/mol. The Morgan fingerprint density at radius 1 is 0.900 bits per heavy atom. The molecule has 2 N–H and O–H groups in total. The molecule has 0 unspecified atom stereocenters. The average Bonchev–Trinajstić information content (AvgIpc) is 2.48. The quantitative estimate of drug-likeness (QED) is 0.790. The molecule has 0 saturated carbocycles. The van der Waals surface area contributed by atoms with E-state index in [-0.39, 0.29) is 5.82 Å². The van der Waals surface area contributed by atoms with Crippen molar-refractivity contribution in [2.24, 2.45) is 5.73 Å². The molecule has 0 atom stereocenters. The van der Waals surface area contributed by atoms with Gasteiger partial charge in [-0.25, -0.2) is 4.39 Å². The SMILES string of the molecule is NCc1ccc(OCCCOc2cccc(F)c2)cc1. The molecule has 2 rings (SSSR count). The Bertz CT molecular complexity index is 528. The highest BCUT2D eigenvalue weighted by atomic mass is 19.1. The molecular weight excluding hydrogens is 257 g/mol. The van der Waals surface area contributed by atoms with E-state index in [1.807, 2.05) is 24.3 Å². The second-order valence-electron chi connectivity index (χ2n) is 4.36. The Morgan fingerprint density at radius 3 is 2.25 bits per heavy atom. The van der Waals surface area contributed by atoms with Gasteiger partial charge in [0.15, 0.2) is 0 Å². The van der Waals surface area contributed by atoms with Gasteiger partial charge in [0, 0.05) is 19.0 Å². The molecule has 0 saturated heterocycles. The topological polar surface area (TPSA) is 44.5 Å². The minimum Gasteiger partial charge on any atom is -0.493 e. The molecule has 2 aromatic rings. The molecule has 0 heterocycles. The number of halogens is 1. The van der Waals surface area contributed by atoms with E-state index in [4.69, 9.17) is 15.2 Å². The number of hydrogen-bond donors (Lipinski definition) is 1. The van der Waals surface area contributed by atoms with E-state index in [9.17, 15) is 4.39 Å². The zero-order valence-electron chi connectivity index (χ0n) is 11.2. The van der Waals surface area contributed by atoms with E-state index in [1.54, 1.807) is 12.1 Å². The highest BCUT2D eigenvalue weighted by Gasteiger charge is 1.97. The first-order chi connectivity index (χ1) is 9.78. The molecule has 4 heteroatoms. The van der Waals surface area contributed by atoms with Gasteiger partial charge in [0.05, 0.1) is 13.2 Å². The second kappa shape index (κ2) is 7.50.